The zero-order valence-electron chi connectivity index (χ0n) is 33.9. The van der Waals surface area contributed by atoms with Gasteiger partial charge in [-0.15, -0.1) is 0 Å². The van der Waals surface area contributed by atoms with Crippen LogP contribution in [-0.2, 0) is 31.7 Å². The second-order valence-electron chi connectivity index (χ2n) is 15.7. The maximum Gasteiger partial charge on any atom is 0.433 e. The van der Waals surface area contributed by atoms with Crippen LogP contribution in [0, 0.1) is 17.2 Å². The Morgan fingerprint density at radius 3 is 1.90 bits per heavy atom. The first-order valence-corrected chi connectivity index (χ1v) is 22.5. The van der Waals surface area contributed by atoms with Crippen LogP contribution in [0.4, 0.5) is 26.3 Å². The Labute approximate surface area is 340 Å². The Kier molecular flexibility index (Phi) is 19.9. The smallest absolute Gasteiger partial charge is 0.433 e. The number of pyridine rings is 1. The Morgan fingerprint density at radius 2 is 1.38 bits per heavy atom. The molecule has 0 unspecified atom stereocenters. The maximum absolute atomic E-state index is 14.1. The van der Waals surface area contributed by atoms with Crippen molar-refractivity contribution in [2.24, 2.45) is 5.92 Å². The predicted octanol–water partition coefficient (Wildman–Crippen LogP) is 11.7. The number of carboxylic acids is 1. The van der Waals surface area contributed by atoms with E-state index in [4.69, 9.17) is 10.00 Å². The largest absolute Gasteiger partial charge is 0.481 e. The Morgan fingerprint density at radius 1 is 0.828 bits per heavy atom. The van der Waals surface area contributed by atoms with E-state index in [-0.39, 0.29) is 29.7 Å². The van der Waals surface area contributed by atoms with Gasteiger partial charge >= 0.3 is 18.3 Å². The lowest BCUT2D eigenvalue weighted by atomic mass is 10.0. The van der Waals surface area contributed by atoms with Gasteiger partial charge < -0.3 is 9.84 Å². The molecule has 4 rings (SSSR count). The van der Waals surface area contributed by atoms with Gasteiger partial charge in [-0.1, -0.05) is 110 Å². The topological polar surface area (TPSA) is 129 Å². The monoisotopic (exact) mass is 845 g/mol. The van der Waals surface area contributed by atoms with Crippen molar-refractivity contribution in [3.63, 3.8) is 0 Å². The number of alkyl halides is 6. The van der Waals surface area contributed by atoms with Gasteiger partial charge in [0.05, 0.1) is 33.8 Å². The SMILES string of the molecule is CCCCCCCCCCNC1(C#N)CC1.CCCCCCCCCCO[C@@H]1C[C@H](S(=O)(=O)c2ccc(-c3ccnc(C(F)(F)F)c3)cc2C(F)(F)F)C[C@H]1C(=O)O. The summed E-state index contributed by atoms with van der Waals surface area (Å²) in [5.74, 6) is -2.50. The summed E-state index contributed by atoms with van der Waals surface area (Å²) in [6.07, 6.45) is 10.3. The molecule has 2 aliphatic rings. The molecule has 58 heavy (non-hydrogen) atoms. The van der Waals surface area contributed by atoms with Gasteiger partial charge in [0.15, 0.2) is 9.84 Å². The number of aromatic nitrogens is 1. The molecule has 1 aromatic carbocycles. The number of rotatable bonds is 24. The molecule has 15 heteroatoms. The molecule has 0 spiro atoms. The number of carbonyl (C=O) groups is 1. The van der Waals surface area contributed by atoms with Crippen LogP contribution in [0.1, 0.15) is 154 Å². The van der Waals surface area contributed by atoms with Crippen molar-refractivity contribution < 1.29 is 49.4 Å². The van der Waals surface area contributed by atoms with Gasteiger partial charge in [0, 0.05) is 12.8 Å². The molecule has 1 aromatic heterocycles. The summed E-state index contributed by atoms with van der Waals surface area (Å²) in [4.78, 5) is 14.0. The van der Waals surface area contributed by atoms with E-state index in [1.807, 2.05) is 0 Å². The number of hydrogen-bond donors (Lipinski definition) is 2. The van der Waals surface area contributed by atoms with E-state index in [0.29, 0.717) is 24.6 Å². The zero-order chi connectivity index (χ0) is 42.8. The minimum absolute atomic E-state index is 0.110. The summed E-state index contributed by atoms with van der Waals surface area (Å²) in [6.45, 7) is 5.63. The van der Waals surface area contributed by atoms with Crippen molar-refractivity contribution in [2.45, 2.75) is 176 Å². The normalized spacial score (nSPS) is 19.0. The average molecular weight is 846 g/mol. The summed E-state index contributed by atoms with van der Waals surface area (Å²) >= 11 is 0. The van der Waals surface area contributed by atoms with E-state index < -0.39 is 68.0 Å². The molecule has 0 aliphatic heterocycles. The van der Waals surface area contributed by atoms with Crippen LogP contribution < -0.4 is 5.32 Å². The number of benzene rings is 1. The molecule has 0 radical (unpaired) electrons. The number of ether oxygens (including phenoxy) is 1. The Balaban J connectivity index is 0.000000470. The molecule has 2 aromatic rings. The summed E-state index contributed by atoms with van der Waals surface area (Å²) in [7, 11) is -4.69. The Hall–Kier alpha value is -3.22. The van der Waals surface area contributed by atoms with Crippen LogP contribution in [0.15, 0.2) is 41.4 Å². The molecule has 3 atom stereocenters. The fourth-order valence-corrected chi connectivity index (χ4v) is 9.29. The lowest BCUT2D eigenvalue weighted by Crippen LogP contribution is -2.30. The molecular formula is C43H61F6N3O5S. The van der Waals surface area contributed by atoms with Gasteiger partial charge in [0.1, 0.15) is 11.2 Å². The van der Waals surface area contributed by atoms with Crippen molar-refractivity contribution in [2.75, 3.05) is 13.2 Å². The summed E-state index contributed by atoms with van der Waals surface area (Å²) in [5.41, 5.74) is -3.47. The molecule has 2 N–H and O–H groups in total. The lowest BCUT2D eigenvalue weighted by molar-refractivity contribution is -0.146. The van der Waals surface area contributed by atoms with Crippen molar-refractivity contribution >= 4 is 15.8 Å². The number of nitrogens with one attached hydrogen (secondary N) is 1. The molecule has 0 bridgehead atoms. The number of sulfone groups is 1. The lowest BCUT2D eigenvalue weighted by Gasteiger charge is -2.19. The molecule has 326 valence electrons. The van der Waals surface area contributed by atoms with Crippen molar-refractivity contribution in [1.29, 1.82) is 5.26 Å². The quantitative estimate of drug-likeness (QED) is 0.0789. The van der Waals surface area contributed by atoms with Crippen molar-refractivity contribution in [3.8, 4) is 17.2 Å². The highest BCUT2D eigenvalue weighted by molar-refractivity contribution is 7.92. The fourth-order valence-electron chi connectivity index (χ4n) is 7.29. The van der Waals surface area contributed by atoms with Gasteiger partial charge in [0.2, 0.25) is 0 Å². The number of aliphatic carboxylic acids is 1. The third-order valence-electron chi connectivity index (χ3n) is 11.0. The number of unbranched alkanes of at least 4 members (excludes halogenated alkanes) is 14. The van der Waals surface area contributed by atoms with E-state index in [2.05, 4.69) is 30.2 Å². The molecule has 2 saturated carbocycles. The first kappa shape index (κ1) is 49.1. The minimum atomic E-state index is -5.16. The number of nitriles is 1. The molecule has 2 fully saturated rings. The highest BCUT2D eigenvalue weighted by Crippen LogP contribution is 2.43. The average Bonchev–Trinajstić information content (AvgIpc) is 3.83. The first-order valence-electron chi connectivity index (χ1n) is 21.0. The molecule has 0 amide bonds. The summed E-state index contributed by atoms with van der Waals surface area (Å²) < 4.78 is 114. The van der Waals surface area contributed by atoms with Gasteiger partial charge in [-0.3, -0.25) is 15.1 Å². The van der Waals surface area contributed by atoms with Gasteiger partial charge in [-0.25, -0.2) is 8.42 Å². The second kappa shape index (κ2) is 23.5. The predicted molar refractivity (Wildman–Crippen MR) is 212 cm³/mol. The highest BCUT2D eigenvalue weighted by atomic mass is 32.2. The first-order chi connectivity index (χ1) is 27.5. The van der Waals surface area contributed by atoms with Crippen LogP contribution in [0.25, 0.3) is 11.1 Å². The van der Waals surface area contributed by atoms with Gasteiger partial charge in [0.25, 0.3) is 0 Å². The fraction of sp³-hybridized carbons (Fsp3) is 0.698. The van der Waals surface area contributed by atoms with Crippen LogP contribution >= 0.6 is 0 Å². The number of carboxylic acid groups (broad SMARTS) is 1. The zero-order valence-corrected chi connectivity index (χ0v) is 34.7. The third-order valence-corrected chi connectivity index (χ3v) is 13.2. The number of hydrogen-bond acceptors (Lipinski definition) is 7. The molecule has 1 heterocycles. The molecule has 8 nitrogen and oxygen atoms in total. The standard InChI is InChI=1S/C29H35F6NO5S.C14H26N2/c1-2-3-4-5-6-7-8-9-14-41-24-18-21(17-22(24)27(37)38)42(39,40)25-11-10-19(15-23(25)28(30,31)32)20-12-13-36-26(16-20)29(33,34)35;1-2-3-4-5-6-7-8-9-12-16-14(13-15)10-11-14/h10-13,15-16,21-22,24H,2-9,14,17-18H2,1H3,(H,37,38);16H,2-12H2,1H3/t21-,22-,24-;/m1./s1. The van der Waals surface area contributed by atoms with Gasteiger partial charge in [-0.05, 0) is 80.5 Å². The third kappa shape index (κ3) is 15.8. The van der Waals surface area contributed by atoms with E-state index in [9.17, 15) is 44.7 Å². The van der Waals surface area contributed by atoms with Crippen molar-refractivity contribution in [1.82, 2.24) is 10.3 Å². The van der Waals surface area contributed by atoms with Crippen LogP contribution in [0.3, 0.4) is 0 Å². The second-order valence-corrected chi connectivity index (χ2v) is 17.9. The van der Waals surface area contributed by atoms with Crippen molar-refractivity contribution in [3.05, 3.63) is 47.8 Å². The van der Waals surface area contributed by atoms with Crippen LogP contribution in [0.5, 0.6) is 0 Å². The van der Waals surface area contributed by atoms with Crippen LogP contribution in [-0.4, -0.2) is 54.5 Å². The highest BCUT2D eigenvalue weighted by Gasteiger charge is 2.48. The van der Waals surface area contributed by atoms with E-state index in [0.717, 1.165) is 69.8 Å². The molecular weight excluding hydrogens is 785 g/mol. The van der Waals surface area contributed by atoms with Gasteiger partial charge in [-0.2, -0.15) is 31.6 Å². The minimum Gasteiger partial charge on any atom is -0.481 e. The Bertz CT molecular complexity index is 1710. The molecule has 2 aliphatic carbocycles. The number of halogens is 6. The van der Waals surface area contributed by atoms with Crippen LogP contribution in [0.2, 0.25) is 0 Å². The summed E-state index contributed by atoms with van der Waals surface area (Å²) in [5, 5.41) is 20.5. The maximum atomic E-state index is 14.1. The summed E-state index contributed by atoms with van der Waals surface area (Å²) in [6, 6.07) is 6.23. The van der Waals surface area contributed by atoms with E-state index in [1.165, 1.54) is 64.2 Å². The number of nitrogens with zero attached hydrogens (tertiary/aromatic N) is 2. The van der Waals surface area contributed by atoms with E-state index >= 15 is 0 Å². The van der Waals surface area contributed by atoms with E-state index in [1.54, 1.807) is 0 Å². The molecule has 0 saturated heterocycles.